The fraction of sp³-hybridized carbons (Fsp3) is 0.895. The first-order valence-electron chi connectivity index (χ1n) is 9.51. The minimum Gasteiger partial charge on any atom is -0.465 e. The third kappa shape index (κ3) is 8.13. The second kappa shape index (κ2) is 14.3. The Morgan fingerprint density at radius 3 is 1.79 bits per heavy atom. The third-order valence-corrected chi connectivity index (χ3v) is 4.38. The molecule has 24 heavy (non-hydrogen) atoms. The molecule has 0 saturated heterocycles. The van der Waals surface area contributed by atoms with E-state index in [1.54, 1.807) is 0 Å². The van der Waals surface area contributed by atoms with Gasteiger partial charge in [-0.05, 0) is 26.2 Å². The fourth-order valence-electron chi connectivity index (χ4n) is 2.57. The molecule has 0 aromatic carbocycles. The van der Waals surface area contributed by atoms with Crippen LogP contribution in [0.4, 0.5) is 0 Å². The average molecular weight is 344 g/mol. The van der Waals surface area contributed by atoms with Crippen LogP contribution in [0.2, 0.25) is 0 Å². The summed E-state index contributed by atoms with van der Waals surface area (Å²) in [6.07, 6.45) is 7.52. The van der Waals surface area contributed by atoms with E-state index in [2.05, 4.69) is 6.92 Å². The standard InChI is InChI=1S/C19H36O5/c1-5-9-10-11-12-13-14-23-17(20)19(6-2,7-3)18(21)24-16-15-22-8-4/h5-16H2,1-4H3. The fourth-order valence-corrected chi connectivity index (χ4v) is 2.57. The van der Waals surface area contributed by atoms with E-state index in [-0.39, 0.29) is 6.61 Å². The largest absolute Gasteiger partial charge is 0.465 e. The number of carbonyl (C=O) groups is 2. The number of hydrogen-bond acceptors (Lipinski definition) is 5. The zero-order chi connectivity index (χ0) is 18.3. The van der Waals surface area contributed by atoms with Crippen LogP contribution in [0.3, 0.4) is 0 Å². The zero-order valence-electron chi connectivity index (χ0n) is 16.0. The summed E-state index contributed by atoms with van der Waals surface area (Å²) < 4.78 is 15.7. The number of rotatable bonds is 15. The Hall–Kier alpha value is -1.10. The van der Waals surface area contributed by atoms with Crippen molar-refractivity contribution in [1.29, 1.82) is 0 Å². The van der Waals surface area contributed by atoms with Crippen molar-refractivity contribution in [2.75, 3.05) is 26.4 Å². The van der Waals surface area contributed by atoms with Gasteiger partial charge in [0.05, 0.1) is 13.2 Å². The smallest absolute Gasteiger partial charge is 0.323 e. The molecule has 0 spiro atoms. The van der Waals surface area contributed by atoms with Gasteiger partial charge in [0, 0.05) is 6.61 Å². The predicted octanol–water partition coefficient (Wildman–Crippen LogP) is 4.28. The van der Waals surface area contributed by atoms with E-state index in [1.807, 2.05) is 20.8 Å². The van der Waals surface area contributed by atoms with Gasteiger partial charge >= 0.3 is 11.9 Å². The van der Waals surface area contributed by atoms with E-state index in [9.17, 15) is 9.59 Å². The Balaban J connectivity index is 4.29. The van der Waals surface area contributed by atoms with Gasteiger partial charge in [0.2, 0.25) is 0 Å². The van der Waals surface area contributed by atoms with Crippen LogP contribution in [-0.4, -0.2) is 38.4 Å². The molecule has 0 aliphatic rings. The predicted molar refractivity (Wildman–Crippen MR) is 94.8 cm³/mol. The van der Waals surface area contributed by atoms with Gasteiger partial charge in [-0.3, -0.25) is 9.59 Å². The molecular formula is C19H36O5. The second-order valence-corrected chi connectivity index (χ2v) is 6.03. The van der Waals surface area contributed by atoms with Gasteiger partial charge in [-0.2, -0.15) is 0 Å². The average Bonchev–Trinajstić information content (AvgIpc) is 2.59. The van der Waals surface area contributed by atoms with E-state index < -0.39 is 17.4 Å². The van der Waals surface area contributed by atoms with E-state index >= 15 is 0 Å². The van der Waals surface area contributed by atoms with Crippen molar-refractivity contribution in [1.82, 2.24) is 0 Å². The number of unbranched alkanes of at least 4 members (excludes halogenated alkanes) is 5. The van der Waals surface area contributed by atoms with E-state index in [4.69, 9.17) is 14.2 Å². The molecule has 0 N–H and O–H groups in total. The summed E-state index contributed by atoms with van der Waals surface area (Å²) >= 11 is 0. The minimum absolute atomic E-state index is 0.166. The van der Waals surface area contributed by atoms with Crippen molar-refractivity contribution in [3.05, 3.63) is 0 Å². The highest BCUT2D eigenvalue weighted by Gasteiger charge is 2.45. The van der Waals surface area contributed by atoms with Gasteiger partial charge in [0.15, 0.2) is 5.41 Å². The summed E-state index contributed by atoms with van der Waals surface area (Å²) in [5.41, 5.74) is -1.19. The van der Waals surface area contributed by atoms with Crippen LogP contribution in [0.5, 0.6) is 0 Å². The molecule has 0 aliphatic carbocycles. The van der Waals surface area contributed by atoms with Crippen molar-refractivity contribution in [3.8, 4) is 0 Å². The molecule has 0 rings (SSSR count). The Labute approximate surface area is 147 Å². The first kappa shape index (κ1) is 22.9. The first-order chi connectivity index (χ1) is 11.6. The highest BCUT2D eigenvalue weighted by atomic mass is 16.6. The molecule has 5 nitrogen and oxygen atoms in total. The van der Waals surface area contributed by atoms with E-state index in [0.29, 0.717) is 32.7 Å². The summed E-state index contributed by atoms with van der Waals surface area (Å²) in [6, 6.07) is 0. The number of hydrogen-bond donors (Lipinski definition) is 0. The molecule has 0 bridgehead atoms. The maximum absolute atomic E-state index is 12.4. The summed E-state index contributed by atoms with van der Waals surface area (Å²) in [6.45, 7) is 9.16. The molecule has 142 valence electrons. The van der Waals surface area contributed by atoms with Crippen molar-refractivity contribution in [2.45, 2.75) is 79.1 Å². The maximum Gasteiger partial charge on any atom is 0.323 e. The number of ether oxygens (including phenoxy) is 3. The second-order valence-electron chi connectivity index (χ2n) is 6.03. The zero-order valence-corrected chi connectivity index (χ0v) is 16.0. The molecule has 0 atom stereocenters. The van der Waals surface area contributed by atoms with Crippen LogP contribution in [0.25, 0.3) is 0 Å². The van der Waals surface area contributed by atoms with Crippen LogP contribution in [0.1, 0.15) is 79.1 Å². The molecule has 0 aromatic rings. The van der Waals surface area contributed by atoms with Gasteiger partial charge in [-0.15, -0.1) is 0 Å². The van der Waals surface area contributed by atoms with Gasteiger partial charge in [0.1, 0.15) is 6.61 Å². The van der Waals surface area contributed by atoms with Gasteiger partial charge in [0.25, 0.3) is 0 Å². The van der Waals surface area contributed by atoms with Crippen LogP contribution in [0, 0.1) is 5.41 Å². The van der Waals surface area contributed by atoms with Crippen LogP contribution < -0.4 is 0 Å². The summed E-state index contributed by atoms with van der Waals surface area (Å²) in [5.74, 6) is -0.956. The quantitative estimate of drug-likeness (QED) is 0.252. The third-order valence-electron chi connectivity index (χ3n) is 4.38. The molecule has 5 heteroatoms. The lowest BCUT2D eigenvalue weighted by Gasteiger charge is -2.26. The first-order valence-corrected chi connectivity index (χ1v) is 9.51. The summed E-state index contributed by atoms with van der Waals surface area (Å²) in [7, 11) is 0. The minimum atomic E-state index is -1.19. The van der Waals surface area contributed by atoms with Crippen LogP contribution in [-0.2, 0) is 23.8 Å². The van der Waals surface area contributed by atoms with Gasteiger partial charge in [-0.1, -0.05) is 52.9 Å². The van der Waals surface area contributed by atoms with Crippen LogP contribution in [0.15, 0.2) is 0 Å². The Morgan fingerprint density at radius 1 is 0.708 bits per heavy atom. The van der Waals surface area contributed by atoms with Crippen molar-refractivity contribution >= 4 is 11.9 Å². The van der Waals surface area contributed by atoms with Crippen molar-refractivity contribution in [3.63, 3.8) is 0 Å². The Morgan fingerprint density at radius 2 is 1.25 bits per heavy atom. The lowest BCUT2D eigenvalue weighted by atomic mass is 9.82. The normalized spacial score (nSPS) is 11.3. The Kier molecular flexibility index (Phi) is 13.6. The Bertz CT molecular complexity index is 337. The van der Waals surface area contributed by atoms with Gasteiger partial charge < -0.3 is 14.2 Å². The summed E-state index contributed by atoms with van der Waals surface area (Å²) in [5, 5.41) is 0. The topological polar surface area (TPSA) is 61.8 Å². The SMILES string of the molecule is CCCCCCCCOC(=O)C(CC)(CC)C(=O)OCCOCC. The van der Waals surface area contributed by atoms with Crippen molar-refractivity contribution in [2.24, 2.45) is 5.41 Å². The molecule has 0 unspecified atom stereocenters. The van der Waals surface area contributed by atoms with E-state index in [1.165, 1.54) is 19.3 Å². The lowest BCUT2D eigenvalue weighted by molar-refractivity contribution is -0.174. The molecule has 0 saturated carbocycles. The molecule has 0 fully saturated rings. The monoisotopic (exact) mass is 344 g/mol. The molecule has 0 heterocycles. The molecular weight excluding hydrogens is 308 g/mol. The lowest BCUT2D eigenvalue weighted by Crippen LogP contribution is -2.41. The van der Waals surface area contributed by atoms with E-state index in [0.717, 1.165) is 19.3 Å². The molecule has 0 aromatic heterocycles. The molecule has 0 radical (unpaired) electrons. The highest BCUT2D eigenvalue weighted by Crippen LogP contribution is 2.30. The number of esters is 2. The maximum atomic E-state index is 12.4. The van der Waals surface area contributed by atoms with Crippen molar-refractivity contribution < 1.29 is 23.8 Å². The summed E-state index contributed by atoms with van der Waals surface area (Å²) in [4.78, 5) is 24.8. The molecule has 0 amide bonds. The molecule has 0 aliphatic heterocycles. The highest BCUT2D eigenvalue weighted by molar-refractivity contribution is 5.99. The van der Waals surface area contributed by atoms with Gasteiger partial charge in [-0.25, -0.2) is 0 Å². The van der Waals surface area contributed by atoms with Crippen LogP contribution >= 0.6 is 0 Å². The number of carbonyl (C=O) groups excluding carboxylic acids is 2.